The number of hydrogen-bond donors (Lipinski definition) is 1. The van der Waals surface area contributed by atoms with Gasteiger partial charge >= 0.3 is 0 Å². The summed E-state index contributed by atoms with van der Waals surface area (Å²) < 4.78 is 1.87. The number of carbonyl (C=O) groups is 1. The first-order valence-electron chi connectivity index (χ1n) is 7.04. The number of benzene rings is 1. The van der Waals surface area contributed by atoms with E-state index < -0.39 is 12.0 Å². The second-order valence-corrected chi connectivity index (χ2v) is 5.67. The van der Waals surface area contributed by atoms with Gasteiger partial charge in [0.1, 0.15) is 0 Å². The molecule has 0 unspecified atom stereocenters. The van der Waals surface area contributed by atoms with Crippen LogP contribution in [0.15, 0.2) is 42.9 Å². The number of carbonyl (C=O) groups excluding carboxylic acids is 1. The van der Waals surface area contributed by atoms with Gasteiger partial charge in [0.05, 0.1) is 24.0 Å². The Balaban J connectivity index is 1.95. The molecule has 1 amide bonds. The maximum Gasteiger partial charge on any atom is 0.229 e. The fraction of sp³-hybridized carbons (Fsp3) is 0.375. The summed E-state index contributed by atoms with van der Waals surface area (Å²) in [6, 6.07) is 9.35. The molecule has 110 valence electrons. The van der Waals surface area contributed by atoms with Gasteiger partial charge in [0, 0.05) is 32.8 Å². The summed E-state index contributed by atoms with van der Waals surface area (Å²) in [5.74, 6) is -0.590. The molecule has 0 spiro atoms. The smallest absolute Gasteiger partial charge is 0.229 e. The minimum Gasteiger partial charge on any atom is -0.388 e. The number of amides is 1. The third kappa shape index (κ3) is 2.45. The number of nitrogens with zero attached hydrogens (tertiary/aromatic N) is 3. The second kappa shape index (κ2) is 5.33. The number of rotatable bonds is 3. The molecule has 5 heteroatoms. The van der Waals surface area contributed by atoms with Crippen LogP contribution in [0.25, 0.3) is 0 Å². The maximum atomic E-state index is 12.4. The standard InChI is InChI=1S/C16H19N3O2/c1-18-9-13(17-10-18)12-8-19(2)16(21)14(12)15(20)11-6-4-3-5-7-11/h3-7,9-10,12,14-15,20H,8H2,1-2H3/t12-,14-,15-/m1/s1. The third-order valence-electron chi connectivity index (χ3n) is 4.15. The first kappa shape index (κ1) is 13.8. The highest BCUT2D eigenvalue weighted by Gasteiger charge is 2.45. The molecule has 5 nitrogen and oxygen atoms in total. The molecule has 21 heavy (non-hydrogen) atoms. The summed E-state index contributed by atoms with van der Waals surface area (Å²) >= 11 is 0. The number of likely N-dealkylation sites (N-methyl/N-ethyl adjacent to an activating group) is 1. The molecule has 1 aromatic heterocycles. The highest BCUT2D eigenvalue weighted by molar-refractivity contribution is 5.83. The van der Waals surface area contributed by atoms with Gasteiger partial charge in [-0.2, -0.15) is 0 Å². The summed E-state index contributed by atoms with van der Waals surface area (Å²) in [5, 5.41) is 10.7. The van der Waals surface area contributed by atoms with Gasteiger partial charge in [-0.25, -0.2) is 4.98 Å². The van der Waals surface area contributed by atoms with Crippen molar-refractivity contribution in [2.24, 2.45) is 13.0 Å². The van der Waals surface area contributed by atoms with Crippen LogP contribution in [-0.4, -0.2) is 39.1 Å². The Kier molecular flexibility index (Phi) is 3.51. The number of imidazole rings is 1. The lowest BCUT2D eigenvalue weighted by Gasteiger charge is -2.21. The van der Waals surface area contributed by atoms with Crippen LogP contribution in [0.1, 0.15) is 23.3 Å². The van der Waals surface area contributed by atoms with E-state index in [2.05, 4.69) is 4.98 Å². The number of aliphatic hydroxyl groups is 1. The van der Waals surface area contributed by atoms with Crippen molar-refractivity contribution in [1.29, 1.82) is 0 Å². The van der Waals surface area contributed by atoms with Crippen molar-refractivity contribution in [3.63, 3.8) is 0 Å². The van der Waals surface area contributed by atoms with Crippen molar-refractivity contribution in [2.45, 2.75) is 12.0 Å². The fourth-order valence-corrected chi connectivity index (χ4v) is 3.04. The SMILES string of the molecule is CN1C[C@H](c2cn(C)cn2)[C@H]([C@H](O)c2ccccc2)C1=O. The van der Waals surface area contributed by atoms with Crippen LogP contribution in [-0.2, 0) is 11.8 Å². The lowest BCUT2D eigenvalue weighted by atomic mass is 9.85. The summed E-state index contributed by atoms with van der Waals surface area (Å²) in [5.41, 5.74) is 1.63. The number of hydrogen-bond acceptors (Lipinski definition) is 3. The molecule has 1 N–H and O–H groups in total. The largest absolute Gasteiger partial charge is 0.388 e. The van der Waals surface area contributed by atoms with Gasteiger partial charge < -0.3 is 14.6 Å². The van der Waals surface area contributed by atoms with Crippen molar-refractivity contribution in [1.82, 2.24) is 14.5 Å². The molecule has 1 aliphatic heterocycles. The van der Waals surface area contributed by atoms with E-state index in [4.69, 9.17) is 0 Å². The van der Waals surface area contributed by atoms with Crippen molar-refractivity contribution >= 4 is 5.91 Å². The van der Waals surface area contributed by atoms with Crippen molar-refractivity contribution in [2.75, 3.05) is 13.6 Å². The van der Waals surface area contributed by atoms with Gasteiger partial charge in [0.25, 0.3) is 0 Å². The van der Waals surface area contributed by atoms with Crippen LogP contribution in [0.4, 0.5) is 0 Å². The van der Waals surface area contributed by atoms with Gasteiger partial charge in [-0.3, -0.25) is 4.79 Å². The van der Waals surface area contributed by atoms with Gasteiger partial charge in [0.15, 0.2) is 0 Å². The Labute approximate surface area is 123 Å². The van der Waals surface area contributed by atoms with Crippen LogP contribution < -0.4 is 0 Å². The molecule has 1 fully saturated rings. The normalized spacial score (nSPS) is 23.6. The highest BCUT2D eigenvalue weighted by Crippen LogP contribution is 2.40. The van der Waals surface area contributed by atoms with Gasteiger partial charge in [-0.05, 0) is 5.56 Å². The molecule has 1 saturated heterocycles. The molecule has 0 bridgehead atoms. The molecule has 3 atom stereocenters. The van der Waals surface area contributed by atoms with E-state index in [0.717, 1.165) is 11.3 Å². The first-order chi connectivity index (χ1) is 10.1. The van der Waals surface area contributed by atoms with E-state index >= 15 is 0 Å². The van der Waals surface area contributed by atoms with Crippen LogP contribution >= 0.6 is 0 Å². The van der Waals surface area contributed by atoms with Crippen molar-refractivity contribution in [3.05, 3.63) is 54.1 Å². The van der Waals surface area contributed by atoms with E-state index in [1.54, 1.807) is 18.3 Å². The average Bonchev–Trinajstić information content (AvgIpc) is 3.04. The van der Waals surface area contributed by atoms with Crippen LogP contribution in [0, 0.1) is 5.92 Å². The van der Waals surface area contributed by atoms with Crippen LogP contribution in [0.5, 0.6) is 0 Å². The number of aliphatic hydroxyl groups excluding tert-OH is 1. The molecule has 0 radical (unpaired) electrons. The lowest BCUT2D eigenvalue weighted by molar-refractivity contribution is -0.133. The Hall–Kier alpha value is -2.14. The molecule has 3 rings (SSSR count). The monoisotopic (exact) mass is 285 g/mol. The average molecular weight is 285 g/mol. The van der Waals surface area contributed by atoms with Crippen LogP contribution in [0.2, 0.25) is 0 Å². The zero-order chi connectivity index (χ0) is 15.0. The lowest BCUT2D eigenvalue weighted by Crippen LogP contribution is -2.27. The zero-order valence-electron chi connectivity index (χ0n) is 12.2. The van der Waals surface area contributed by atoms with Crippen LogP contribution in [0.3, 0.4) is 0 Å². The predicted molar refractivity (Wildman–Crippen MR) is 78.5 cm³/mol. The molecule has 0 aliphatic carbocycles. The Bertz CT molecular complexity index is 638. The fourth-order valence-electron chi connectivity index (χ4n) is 3.04. The van der Waals surface area contributed by atoms with E-state index in [0.29, 0.717) is 6.54 Å². The summed E-state index contributed by atoms with van der Waals surface area (Å²) in [7, 11) is 3.68. The molecular weight excluding hydrogens is 266 g/mol. The molecule has 1 aliphatic rings. The Morgan fingerprint density at radius 3 is 2.62 bits per heavy atom. The molecule has 2 aromatic rings. The van der Waals surface area contributed by atoms with E-state index in [9.17, 15) is 9.90 Å². The Morgan fingerprint density at radius 1 is 1.29 bits per heavy atom. The first-order valence-corrected chi connectivity index (χ1v) is 7.04. The molecular formula is C16H19N3O2. The van der Waals surface area contributed by atoms with Gasteiger partial charge in [-0.1, -0.05) is 30.3 Å². The van der Waals surface area contributed by atoms with E-state index in [-0.39, 0.29) is 11.8 Å². The Morgan fingerprint density at radius 2 is 2.00 bits per heavy atom. The minimum atomic E-state index is -0.810. The van der Waals surface area contributed by atoms with Gasteiger partial charge in [0.2, 0.25) is 5.91 Å². The van der Waals surface area contributed by atoms with Gasteiger partial charge in [-0.15, -0.1) is 0 Å². The van der Waals surface area contributed by atoms with Crippen molar-refractivity contribution in [3.8, 4) is 0 Å². The summed E-state index contributed by atoms with van der Waals surface area (Å²) in [6.07, 6.45) is 2.84. The van der Waals surface area contributed by atoms with E-state index in [1.807, 2.05) is 48.1 Å². The minimum absolute atomic E-state index is 0.0259. The quantitative estimate of drug-likeness (QED) is 0.925. The number of aryl methyl sites for hydroxylation is 1. The summed E-state index contributed by atoms with van der Waals surface area (Å²) in [6.45, 7) is 0.588. The second-order valence-electron chi connectivity index (χ2n) is 5.67. The number of likely N-dealkylation sites (tertiary alicyclic amines) is 1. The topological polar surface area (TPSA) is 58.4 Å². The predicted octanol–water partition coefficient (Wildman–Crippen LogP) is 1.33. The number of aromatic nitrogens is 2. The van der Waals surface area contributed by atoms with E-state index in [1.165, 1.54) is 0 Å². The third-order valence-corrected chi connectivity index (χ3v) is 4.15. The summed E-state index contributed by atoms with van der Waals surface area (Å²) in [4.78, 5) is 18.5. The molecule has 1 aromatic carbocycles. The molecule has 0 saturated carbocycles. The highest BCUT2D eigenvalue weighted by atomic mass is 16.3. The van der Waals surface area contributed by atoms with Crippen molar-refractivity contribution < 1.29 is 9.90 Å². The maximum absolute atomic E-state index is 12.4. The molecule has 2 heterocycles. The zero-order valence-corrected chi connectivity index (χ0v) is 12.2.